The van der Waals surface area contributed by atoms with Crippen LogP contribution >= 0.6 is 0 Å². The Morgan fingerprint density at radius 3 is 3.05 bits per heavy atom. The molecular weight excluding hydrogens is 260 g/mol. The Balaban J connectivity index is 1.64. The molecule has 0 aromatic heterocycles. The van der Waals surface area contributed by atoms with Crippen molar-refractivity contribution in [2.45, 2.75) is 6.92 Å². The minimum atomic E-state index is -0.324. The normalized spacial score (nSPS) is 14.1. The third-order valence-electron chi connectivity index (χ3n) is 2.91. The van der Waals surface area contributed by atoms with Crippen LogP contribution in [-0.4, -0.2) is 49.7 Å². The van der Waals surface area contributed by atoms with Crippen LogP contribution in [0.25, 0.3) is 0 Å². The Kier molecular flexibility index (Phi) is 4.81. The van der Waals surface area contributed by atoms with Crippen LogP contribution in [-0.2, 0) is 9.53 Å². The fourth-order valence-electron chi connectivity index (χ4n) is 1.86. The molecule has 1 heterocycles. The predicted octanol–water partition coefficient (Wildman–Crippen LogP) is 0.942. The van der Waals surface area contributed by atoms with Gasteiger partial charge in [0.1, 0.15) is 12.4 Å². The molecule has 1 fully saturated rings. The van der Waals surface area contributed by atoms with Gasteiger partial charge in [0.15, 0.2) is 6.61 Å². The monoisotopic (exact) mass is 278 g/mol. The van der Waals surface area contributed by atoms with E-state index < -0.39 is 0 Å². The molecule has 1 aliphatic heterocycles. The first kappa shape index (κ1) is 14.2. The second-order valence-corrected chi connectivity index (χ2v) is 4.56. The van der Waals surface area contributed by atoms with Crippen molar-refractivity contribution in [1.29, 1.82) is 0 Å². The summed E-state index contributed by atoms with van der Waals surface area (Å²) >= 11 is 0. The minimum absolute atomic E-state index is 0.0338. The van der Waals surface area contributed by atoms with Crippen molar-refractivity contribution in [2.75, 3.05) is 32.8 Å². The largest absolute Gasteiger partial charge is 0.484 e. The zero-order valence-electron chi connectivity index (χ0n) is 11.4. The summed E-state index contributed by atoms with van der Waals surface area (Å²) in [5.74, 6) is 0.461. The van der Waals surface area contributed by atoms with Crippen LogP contribution in [0.15, 0.2) is 24.3 Å². The molecule has 0 atom stereocenters. The van der Waals surface area contributed by atoms with Gasteiger partial charge in [-0.3, -0.25) is 4.79 Å². The Labute approximate surface area is 117 Å². The molecule has 0 bridgehead atoms. The lowest BCUT2D eigenvalue weighted by molar-refractivity contribution is -0.123. The second kappa shape index (κ2) is 6.79. The summed E-state index contributed by atoms with van der Waals surface area (Å²) in [5.41, 5.74) is 1.08. The first-order valence-corrected chi connectivity index (χ1v) is 6.53. The fraction of sp³-hybridized carbons (Fsp3) is 0.429. The summed E-state index contributed by atoms with van der Waals surface area (Å²) < 4.78 is 10.2. The maximum atomic E-state index is 11.6. The van der Waals surface area contributed by atoms with Crippen molar-refractivity contribution >= 4 is 12.0 Å². The van der Waals surface area contributed by atoms with Crippen LogP contribution in [0, 0.1) is 6.92 Å². The molecule has 2 amide bonds. The van der Waals surface area contributed by atoms with Crippen molar-refractivity contribution in [1.82, 2.24) is 10.2 Å². The zero-order chi connectivity index (χ0) is 14.4. The highest BCUT2D eigenvalue weighted by atomic mass is 16.6. The topological polar surface area (TPSA) is 67.9 Å². The van der Waals surface area contributed by atoms with Crippen LogP contribution in [0.5, 0.6) is 5.75 Å². The molecule has 1 saturated heterocycles. The fourth-order valence-corrected chi connectivity index (χ4v) is 1.86. The summed E-state index contributed by atoms with van der Waals surface area (Å²) in [4.78, 5) is 24.3. The predicted molar refractivity (Wildman–Crippen MR) is 72.6 cm³/mol. The van der Waals surface area contributed by atoms with E-state index in [9.17, 15) is 9.59 Å². The van der Waals surface area contributed by atoms with E-state index in [2.05, 4.69) is 5.32 Å². The summed E-state index contributed by atoms with van der Waals surface area (Å²) in [7, 11) is 0. The van der Waals surface area contributed by atoms with Gasteiger partial charge in [-0.25, -0.2) is 4.79 Å². The van der Waals surface area contributed by atoms with E-state index in [1.54, 1.807) is 11.0 Å². The van der Waals surface area contributed by atoms with Gasteiger partial charge in [0.05, 0.1) is 6.54 Å². The molecule has 0 saturated carbocycles. The number of cyclic esters (lactones) is 1. The molecule has 1 aromatic carbocycles. The lowest BCUT2D eigenvalue weighted by Gasteiger charge is -2.13. The summed E-state index contributed by atoms with van der Waals surface area (Å²) in [5, 5.41) is 2.70. The van der Waals surface area contributed by atoms with Gasteiger partial charge in [0, 0.05) is 13.1 Å². The first-order valence-electron chi connectivity index (χ1n) is 6.53. The van der Waals surface area contributed by atoms with Gasteiger partial charge in [0.2, 0.25) is 0 Å². The van der Waals surface area contributed by atoms with Crippen molar-refractivity contribution in [2.24, 2.45) is 0 Å². The van der Waals surface area contributed by atoms with Crippen molar-refractivity contribution < 1.29 is 19.1 Å². The van der Waals surface area contributed by atoms with Gasteiger partial charge < -0.3 is 19.7 Å². The van der Waals surface area contributed by atoms with E-state index in [0.29, 0.717) is 32.0 Å². The van der Waals surface area contributed by atoms with E-state index in [1.807, 2.05) is 25.1 Å². The van der Waals surface area contributed by atoms with Crippen molar-refractivity contribution in [3.63, 3.8) is 0 Å². The zero-order valence-corrected chi connectivity index (χ0v) is 11.4. The number of rotatable bonds is 6. The number of ether oxygens (including phenoxy) is 2. The van der Waals surface area contributed by atoms with Crippen LogP contribution in [0.2, 0.25) is 0 Å². The third kappa shape index (κ3) is 4.15. The molecule has 1 N–H and O–H groups in total. The van der Waals surface area contributed by atoms with E-state index in [0.717, 1.165) is 5.56 Å². The van der Waals surface area contributed by atoms with Crippen LogP contribution in [0.4, 0.5) is 4.79 Å². The number of hydrogen-bond donors (Lipinski definition) is 1. The average Bonchev–Trinajstić information content (AvgIpc) is 2.82. The molecule has 2 rings (SSSR count). The Morgan fingerprint density at radius 2 is 2.35 bits per heavy atom. The molecule has 20 heavy (non-hydrogen) atoms. The van der Waals surface area contributed by atoms with Crippen molar-refractivity contribution in [3.05, 3.63) is 29.8 Å². The molecule has 6 nitrogen and oxygen atoms in total. The lowest BCUT2D eigenvalue weighted by Crippen LogP contribution is -2.37. The second-order valence-electron chi connectivity index (χ2n) is 4.56. The van der Waals surface area contributed by atoms with E-state index in [4.69, 9.17) is 9.47 Å². The number of carbonyl (C=O) groups excluding carboxylic acids is 2. The molecule has 1 aromatic rings. The van der Waals surface area contributed by atoms with Gasteiger partial charge in [0.25, 0.3) is 5.91 Å². The Bertz CT molecular complexity index is 490. The average molecular weight is 278 g/mol. The number of amides is 2. The molecular formula is C14H18N2O4. The quantitative estimate of drug-likeness (QED) is 0.841. The third-order valence-corrected chi connectivity index (χ3v) is 2.91. The van der Waals surface area contributed by atoms with E-state index >= 15 is 0 Å². The molecule has 6 heteroatoms. The smallest absolute Gasteiger partial charge is 0.409 e. The SMILES string of the molecule is Cc1cccc(OCC(=O)NCCN2CCOC2=O)c1. The molecule has 0 unspecified atom stereocenters. The minimum Gasteiger partial charge on any atom is -0.484 e. The molecule has 108 valence electrons. The van der Waals surface area contributed by atoms with Gasteiger partial charge in [-0.05, 0) is 24.6 Å². The number of benzene rings is 1. The molecule has 1 aliphatic rings. The molecule has 0 aliphatic carbocycles. The number of carbonyl (C=O) groups is 2. The van der Waals surface area contributed by atoms with Gasteiger partial charge >= 0.3 is 6.09 Å². The van der Waals surface area contributed by atoms with Crippen LogP contribution < -0.4 is 10.1 Å². The number of aryl methyl sites for hydroxylation is 1. The van der Waals surface area contributed by atoms with Crippen LogP contribution in [0.3, 0.4) is 0 Å². The van der Waals surface area contributed by atoms with Gasteiger partial charge in [-0.15, -0.1) is 0 Å². The summed E-state index contributed by atoms with van der Waals surface area (Å²) in [6, 6.07) is 7.51. The van der Waals surface area contributed by atoms with E-state index in [-0.39, 0.29) is 18.6 Å². The maximum absolute atomic E-state index is 11.6. The van der Waals surface area contributed by atoms with Crippen LogP contribution in [0.1, 0.15) is 5.56 Å². The highest BCUT2D eigenvalue weighted by molar-refractivity contribution is 5.77. The van der Waals surface area contributed by atoms with E-state index in [1.165, 1.54) is 0 Å². The summed E-state index contributed by atoms with van der Waals surface area (Å²) in [6.45, 7) is 3.77. The highest BCUT2D eigenvalue weighted by Gasteiger charge is 2.21. The standard InChI is InChI=1S/C14H18N2O4/c1-11-3-2-4-12(9-11)20-10-13(17)15-5-6-16-7-8-19-14(16)18/h2-4,9H,5-8,10H2,1H3,(H,15,17). The molecule has 0 radical (unpaired) electrons. The lowest BCUT2D eigenvalue weighted by atomic mass is 10.2. The van der Waals surface area contributed by atoms with Gasteiger partial charge in [-0.2, -0.15) is 0 Å². The maximum Gasteiger partial charge on any atom is 0.409 e. The Hall–Kier alpha value is -2.24. The molecule has 0 spiro atoms. The van der Waals surface area contributed by atoms with Gasteiger partial charge in [-0.1, -0.05) is 12.1 Å². The highest BCUT2D eigenvalue weighted by Crippen LogP contribution is 2.11. The Morgan fingerprint density at radius 1 is 1.50 bits per heavy atom. The first-order chi connectivity index (χ1) is 9.65. The number of nitrogens with zero attached hydrogens (tertiary/aromatic N) is 1. The van der Waals surface area contributed by atoms with Crippen molar-refractivity contribution in [3.8, 4) is 5.75 Å². The number of nitrogens with one attached hydrogen (secondary N) is 1. The summed E-state index contributed by atoms with van der Waals surface area (Å²) in [6.07, 6.45) is -0.324. The number of hydrogen-bond acceptors (Lipinski definition) is 4.